The van der Waals surface area contributed by atoms with Crippen LogP contribution in [0.15, 0.2) is 61.1 Å². The van der Waals surface area contributed by atoms with Crippen molar-refractivity contribution in [3.63, 3.8) is 0 Å². The first-order chi connectivity index (χ1) is 26.4. The molecule has 5 aromatic rings. The number of imide groups is 1. The number of hydrogen-bond donors (Lipinski definition) is 2. The molecular formula is C39H40F4N8O4. The molecule has 2 N–H and O–H groups in total. The van der Waals surface area contributed by atoms with Gasteiger partial charge in [-0.05, 0) is 99.3 Å². The van der Waals surface area contributed by atoms with Crippen LogP contribution in [-0.2, 0) is 11.0 Å². The number of ether oxygens (including phenoxy) is 1. The van der Waals surface area contributed by atoms with Crippen LogP contribution in [0.1, 0.15) is 78.4 Å². The third-order valence-electron chi connectivity index (χ3n) is 11.2. The number of piperidine rings is 1. The number of urea groups is 1. The third-order valence-corrected chi connectivity index (χ3v) is 11.2. The monoisotopic (exact) mass is 760 g/mol. The summed E-state index contributed by atoms with van der Waals surface area (Å²) in [4.78, 5) is 45.9. The van der Waals surface area contributed by atoms with Gasteiger partial charge in [0.1, 0.15) is 23.0 Å². The van der Waals surface area contributed by atoms with E-state index in [1.165, 1.54) is 12.7 Å². The number of pyridine rings is 1. The number of imidazole rings is 1. The number of rotatable bonds is 8. The number of nitrogens with zero attached hydrogens (tertiary/aromatic N) is 6. The summed E-state index contributed by atoms with van der Waals surface area (Å²) >= 11 is 0. The molecule has 288 valence electrons. The molecule has 3 aromatic heterocycles. The van der Waals surface area contributed by atoms with Crippen LogP contribution in [0.4, 0.5) is 33.9 Å². The standard InChI is InChI=1S/C39H40F4N8O4/c1-55-33-19-31-26(17-32(33)45-37(53)25-15-27(39(41,42)43)18-28(40)16-25)22-51(47-31)29-6-4-23(5-7-29)21-48-12-8-24(9-13-48)30-3-2-11-49-35(20-44-36(30)49)50-14-10-34(52)46-38(50)54/h2-3,11,15-20,22-24,29H,4-10,12-14,21H2,1H3,(H,45,53)(H,46,52,54). The Balaban J connectivity index is 0.863. The number of nitrogens with one attached hydrogen (secondary N) is 2. The normalized spacial score (nSPS) is 20.3. The lowest BCUT2D eigenvalue weighted by atomic mass is 9.84. The Morgan fingerprint density at radius 2 is 1.80 bits per heavy atom. The van der Waals surface area contributed by atoms with Gasteiger partial charge < -0.3 is 15.0 Å². The van der Waals surface area contributed by atoms with Gasteiger partial charge in [0, 0.05) is 48.9 Å². The van der Waals surface area contributed by atoms with Gasteiger partial charge in [-0.15, -0.1) is 0 Å². The van der Waals surface area contributed by atoms with E-state index in [0.717, 1.165) is 75.3 Å². The summed E-state index contributed by atoms with van der Waals surface area (Å²) in [6.45, 7) is 3.34. The number of carbonyl (C=O) groups excluding carboxylic acids is 3. The predicted molar refractivity (Wildman–Crippen MR) is 196 cm³/mol. The molecule has 12 nitrogen and oxygen atoms in total. The van der Waals surface area contributed by atoms with E-state index in [4.69, 9.17) is 14.8 Å². The Morgan fingerprint density at radius 3 is 2.53 bits per heavy atom. The summed E-state index contributed by atoms with van der Waals surface area (Å²) in [5.41, 5.74) is 1.20. The summed E-state index contributed by atoms with van der Waals surface area (Å²) in [7, 11) is 1.42. The van der Waals surface area contributed by atoms with Crippen molar-refractivity contribution in [2.45, 2.75) is 63.1 Å². The van der Waals surface area contributed by atoms with Gasteiger partial charge in [-0.1, -0.05) is 6.07 Å². The number of hydrogen-bond acceptors (Lipinski definition) is 7. The first-order valence-corrected chi connectivity index (χ1v) is 18.5. The first kappa shape index (κ1) is 36.5. The molecule has 8 rings (SSSR count). The Bertz CT molecular complexity index is 2270. The number of alkyl halides is 3. The number of anilines is 2. The molecular weight excluding hydrogens is 720 g/mol. The summed E-state index contributed by atoms with van der Waals surface area (Å²) in [5, 5.41) is 10.5. The molecule has 1 aliphatic carbocycles. The molecule has 2 aromatic carbocycles. The molecule has 0 radical (unpaired) electrons. The van der Waals surface area contributed by atoms with Crippen molar-refractivity contribution in [2.75, 3.05) is 43.5 Å². The van der Waals surface area contributed by atoms with Crippen LogP contribution in [-0.4, -0.2) is 75.2 Å². The molecule has 1 saturated carbocycles. The molecule has 0 bridgehead atoms. The van der Waals surface area contributed by atoms with E-state index in [1.54, 1.807) is 23.2 Å². The van der Waals surface area contributed by atoms with Gasteiger partial charge in [0.15, 0.2) is 0 Å². The number of likely N-dealkylation sites (tertiary alicyclic amines) is 1. The Labute approximate surface area is 313 Å². The zero-order valence-electron chi connectivity index (χ0n) is 30.1. The average Bonchev–Trinajstić information content (AvgIpc) is 3.79. The first-order valence-electron chi connectivity index (χ1n) is 18.5. The molecule has 0 atom stereocenters. The molecule has 3 fully saturated rings. The number of methoxy groups -OCH3 is 1. The number of halogens is 4. The molecule has 2 saturated heterocycles. The van der Waals surface area contributed by atoms with Crippen LogP contribution in [0.5, 0.6) is 5.75 Å². The Kier molecular flexibility index (Phi) is 9.69. The molecule has 55 heavy (non-hydrogen) atoms. The van der Waals surface area contributed by atoms with Crippen LogP contribution in [0, 0.1) is 11.7 Å². The third kappa shape index (κ3) is 7.46. The largest absolute Gasteiger partial charge is 0.494 e. The molecule has 5 heterocycles. The minimum Gasteiger partial charge on any atom is -0.494 e. The van der Waals surface area contributed by atoms with Crippen molar-refractivity contribution in [1.29, 1.82) is 0 Å². The highest BCUT2D eigenvalue weighted by Crippen LogP contribution is 2.38. The van der Waals surface area contributed by atoms with E-state index in [1.807, 2.05) is 27.5 Å². The smallest absolute Gasteiger partial charge is 0.416 e. The van der Waals surface area contributed by atoms with Crippen LogP contribution in [0.3, 0.4) is 0 Å². The van der Waals surface area contributed by atoms with Crippen molar-refractivity contribution in [2.24, 2.45) is 5.92 Å². The van der Waals surface area contributed by atoms with E-state index in [-0.39, 0.29) is 29.8 Å². The molecule has 3 aliphatic rings. The second kappa shape index (κ2) is 14.6. The molecule has 0 spiro atoms. The van der Waals surface area contributed by atoms with E-state index >= 15 is 0 Å². The Hall–Kier alpha value is -5.51. The topological polar surface area (TPSA) is 126 Å². The van der Waals surface area contributed by atoms with E-state index < -0.39 is 35.1 Å². The highest BCUT2D eigenvalue weighted by molar-refractivity contribution is 6.06. The fraction of sp³-hybridized carbons (Fsp3) is 0.410. The van der Waals surface area contributed by atoms with E-state index in [0.29, 0.717) is 41.8 Å². The Morgan fingerprint density at radius 1 is 1.02 bits per heavy atom. The highest BCUT2D eigenvalue weighted by atomic mass is 19.4. The lowest BCUT2D eigenvalue weighted by Crippen LogP contribution is -2.50. The summed E-state index contributed by atoms with van der Waals surface area (Å²) in [5.74, 6) is -0.467. The molecule has 4 amide bonds. The van der Waals surface area contributed by atoms with Gasteiger partial charge in [0.25, 0.3) is 5.91 Å². The fourth-order valence-electron chi connectivity index (χ4n) is 8.31. The maximum absolute atomic E-state index is 14.0. The highest BCUT2D eigenvalue weighted by Gasteiger charge is 2.33. The number of amides is 4. The molecule has 2 aliphatic heterocycles. The molecule has 0 unspecified atom stereocenters. The number of aromatic nitrogens is 4. The lowest BCUT2D eigenvalue weighted by molar-refractivity contribution is -0.137. The van der Waals surface area contributed by atoms with Crippen LogP contribution < -0.4 is 20.3 Å². The minimum absolute atomic E-state index is 0.197. The molecule has 16 heteroatoms. The summed E-state index contributed by atoms with van der Waals surface area (Å²) in [6.07, 6.45) is 7.05. The quantitative estimate of drug-likeness (QED) is 0.161. The van der Waals surface area contributed by atoms with Crippen molar-refractivity contribution in [3.05, 3.63) is 83.6 Å². The SMILES string of the molecule is COc1cc2nn(C3CCC(CN4CCC(c5cccn6c(N7CCC(=O)NC7=O)cnc56)CC4)CC3)cc2cc1NC(=O)c1cc(F)cc(C(F)(F)F)c1. The van der Waals surface area contributed by atoms with Gasteiger partial charge in [-0.2, -0.15) is 18.3 Å². The summed E-state index contributed by atoms with van der Waals surface area (Å²) in [6, 6.07) is 8.95. The second-order valence-electron chi connectivity index (χ2n) is 14.7. The zero-order valence-corrected chi connectivity index (χ0v) is 30.1. The van der Waals surface area contributed by atoms with Crippen LogP contribution >= 0.6 is 0 Å². The fourth-order valence-corrected chi connectivity index (χ4v) is 8.31. The number of carbonyl (C=O) groups is 3. The van der Waals surface area contributed by atoms with Crippen molar-refractivity contribution >= 4 is 45.9 Å². The number of benzene rings is 2. The van der Waals surface area contributed by atoms with Gasteiger partial charge in [-0.3, -0.25) is 28.9 Å². The average molecular weight is 761 g/mol. The van der Waals surface area contributed by atoms with Crippen LogP contribution in [0.2, 0.25) is 0 Å². The van der Waals surface area contributed by atoms with E-state index in [9.17, 15) is 31.9 Å². The summed E-state index contributed by atoms with van der Waals surface area (Å²) < 4.78 is 63.0. The van der Waals surface area contributed by atoms with Crippen molar-refractivity contribution < 1.29 is 36.7 Å². The van der Waals surface area contributed by atoms with Gasteiger partial charge in [-0.25, -0.2) is 14.2 Å². The maximum atomic E-state index is 14.0. The predicted octanol–water partition coefficient (Wildman–Crippen LogP) is 7.16. The minimum atomic E-state index is -4.80. The van der Waals surface area contributed by atoms with Crippen molar-refractivity contribution in [3.8, 4) is 5.75 Å². The van der Waals surface area contributed by atoms with Gasteiger partial charge in [0.05, 0.1) is 36.1 Å². The number of fused-ring (bicyclic) bond motifs is 2. The van der Waals surface area contributed by atoms with Gasteiger partial charge >= 0.3 is 12.2 Å². The van der Waals surface area contributed by atoms with Crippen molar-refractivity contribution in [1.82, 2.24) is 29.4 Å². The van der Waals surface area contributed by atoms with E-state index in [2.05, 4.69) is 21.6 Å². The lowest BCUT2D eigenvalue weighted by Gasteiger charge is -2.36. The second-order valence-corrected chi connectivity index (χ2v) is 14.7. The zero-order chi connectivity index (χ0) is 38.4. The van der Waals surface area contributed by atoms with Gasteiger partial charge in [0.2, 0.25) is 5.91 Å². The maximum Gasteiger partial charge on any atom is 0.416 e. The van der Waals surface area contributed by atoms with Crippen LogP contribution in [0.25, 0.3) is 16.6 Å².